The molecule has 0 aromatic carbocycles. The maximum atomic E-state index is 12.9. The van der Waals surface area contributed by atoms with Crippen LogP contribution in [0.25, 0.3) is 0 Å². The fourth-order valence-electron chi connectivity index (χ4n) is 10.2. The van der Waals surface area contributed by atoms with E-state index >= 15 is 0 Å². The van der Waals surface area contributed by atoms with E-state index in [1.54, 1.807) is 0 Å². The van der Waals surface area contributed by atoms with E-state index in [-0.39, 0.29) is 25.6 Å². The molecule has 2 unspecified atom stereocenters. The highest BCUT2D eigenvalue weighted by Gasteiger charge is 2.27. The Labute approximate surface area is 508 Å². The lowest BCUT2D eigenvalue weighted by Gasteiger charge is -2.24. The highest BCUT2D eigenvalue weighted by Crippen LogP contribution is 2.43. The van der Waals surface area contributed by atoms with E-state index in [2.05, 4.69) is 74.6 Å². The Morgan fingerprint density at radius 3 is 1.05 bits per heavy atom. The second kappa shape index (κ2) is 63.2. The Morgan fingerprint density at radius 2 is 0.695 bits per heavy atom. The van der Waals surface area contributed by atoms with Crippen LogP contribution in [0.2, 0.25) is 0 Å². The molecule has 0 aliphatic heterocycles. The number of rotatable bonds is 65. The topological polar surface area (TPSA) is 108 Å². The van der Waals surface area contributed by atoms with Gasteiger partial charge in [-0.3, -0.25) is 18.6 Å². The second-order valence-electron chi connectivity index (χ2n) is 24.9. The molecule has 0 fully saturated rings. The molecule has 1 N–H and O–H groups in total. The molecule has 2 atom stereocenters. The SMILES string of the molecule is CC/C=C\C/C=C\C/C=C\C/C=C\CCCCCCCCCCCCCCCCCCCCCCC(=O)OC(COC(=O)CCCCCCCCCCCCCCC/C=C\CCCCCCCCCC)COP(=O)(O)OCC[N+](C)(C)C. The number of hydrogen-bond donors (Lipinski definition) is 1. The molecule has 0 aliphatic carbocycles. The van der Waals surface area contributed by atoms with Crippen molar-refractivity contribution in [2.75, 3.05) is 47.5 Å². The van der Waals surface area contributed by atoms with Crippen LogP contribution in [0.3, 0.4) is 0 Å². The van der Waals surface area contributed by atoms with Crippen molar-refractivity contribution < 1.29 is 42.1 Å². The van der Waals surface area contributed by atoms with Gasteiger partial charge in [0.05, 0.1) is 27.7 Å². The Kier molecular flexibility index (Phi) is 61.5. The first kappa shape index (κ1) is 79.7. The first-order valence-corrected chi connectivity index (χ1v) is 36.5. The van der Waals surface area contributed by atoms with E-state index in [9.17, 15) is 19.0 Å². The number of quaternary nitrogens is 1. The van der Waals surface area contributed by atoms with Gasteiger partial charge in [0.15, 0.2) is 6.10 Å². The molecular formula is C72H135NO8P+. The van der Waals surface area contributed by atoms with Gasteiger partial charge in [-0.15, -0.1) is 0 Å². The van der Waals surface area contributed by atoms with E-state index in [0.29, 0.717) is 23.9 Å². The van der Waals surface area contributed by atoms with Crippen LogP contribution in [-0.4, -0.2) is 74.9 Å². The third-order valence-corrected chi connectivity index (χ3v) is 16.5. The minimum absolute atomic E-state index is 0.0330. The van der Waals surface area contributed by atoms with Gasteiger partial charge in [0.2, 0.25) is 0 Å². The molecular weight excluding hydrogens is 1040 g/mol. The van der Waals surface area contributed by atoms with E-state index in [4.69, 9.17) is 18.5 Å². The summed E-state index contributed by atoms with van der Waals surface area (Å²) in [6, 6.07) is 0. The van der Waals surface area contributed by atoms with Gasteiger partial charge in [-0.1, -0.05) is 306 Å². The molecule has 0 rings (SSSR count). The molecule has 0 aromatic rings. The van der Waals surface area contributed by atoms with E-state index in [0.717, 1.165) is 57.8 Å². The lowest BCUT2D eigenvalue weighted by atomic mass is 10.0. The molecule has 0 amide bonds. The average Bonchev–Trinajstić information content (AvgIpc) is 3.46. The Hall–Kier alpha value is -2.29. The van der Waals surface area contributed by atoms with Gasteiger partial charge in [0.25, 0.3) is 0 Å². The third kappa shape index (κ3) is 66.8. The lowest BCUT2D eigenvalue weighted by Crippen LogP contribution is -2.37. The summed E-state index contributed by atoms with van der Waals surface area (Å²) in [5, 5.41) is 0. The number of unbranched alkanes of at least 4 members (excludes halogenated alkanes) is 41. The van der Waals surface area contributed by atoms with Crippen molar-refractivity contribution in [2.45, 2.75) is 341 Å². The number of allylic oxidation sites excluding steroid dienone is 10. The molecule has 0 aromatic heterocycles. The van der Waals surface area contributed by atoms with Gasteiger partial charge in [-0.05, 0) is 77.0 Å². The standard InChI is InChI=1S/C72H134NO8P/c1-6-8-10-12-14-16-18-20-22-24-26-28-30-32-33-34-35-36-37-38-39-41-43-45-47-49-51-53-55-57-59-61-63-65-72(75)81-70(69-80-82(76,77)79-67-66-73(3,4)5)68-78-71(74)64-62-60-58-56-54-52-50-48-46-44-42-40-31-29-27-25-23-21-19-17-15-13-11-9-7-2/h8,10,14,16,20,22,25-28,70H,6-7,9,11-13,15,17-19,21,23-24,29-69H2,1-5H3/p+1/b10-8-,16-14-,22-20-,27-25-,28-26-. The fraction of sp³-hybridized carbons (Fsp3) is 0.833. The van der Waals surface area contributed by atoms with Crippen molar-refractivity contribution in [1.82, 2.24) is 0 Å². The number of phosphoric acid groups is 1. The zero-order valence-corrected chi connectivity index (χ0v) is 55.6. The smallest absolute Gasteiger partial charge is 0.462 e. The number of carbonyl (C=O) groups excluding carboxylic acids is 2. The zero-order valence-electron chi connectivity index (χ0n) is 54.7. The summed E-state index contributed by atoms with van der Waals surface area (Å²) in [6.45, 7) is 4.38. The van der Waals surface area contributed by atoms with Crippen LogP contribution in [0.15, 0.2) is 60.8 Å². The second-order valence-corrected chi connectivity index (χ2v) is 26.3. The molecule has 0 aliphatic rings. The van der Waals surface area contributed by atoms with E-state index < -0.39 is 26.5 Å². The number of hydrogen-bond acceptors (Lipinski definition) is 7. The third-order valence-electron chi connectivity index (χ3n) is 15.5. The number of likely N-dealkylation sites (N-methyl/N-ethyl adjacent to an activating group) is 1. The normalized spacial score (nSPS) is 13.5. The minimum Gasteiger partial charge on any atom is -0.462 e. The van der Waals surface area contributed by atoms with Crippen molar-refractivity contribution in [3.63, 3.8) is 0 Å². The van der Waals surface area contributed by atoms with Gasteiger partial charge >= 0.3 is 19.8 Å². The van der Waals surface area contributed by atoms with Gasteiger partial charge in [-0.25, -0.2) is 4.57 Å². The molecule has 10 heteroatoms. The van der Waals surface area contributed by atoms with E-state index in [1.165, 1.54) is 244 Å². The van der Waals surface area contributed by atoms with Gasteiger partial charge in [0, 0.05) is 12.8 Å². The Bertz CT molecular complexity index is 1570. The molecule has 0 saturated carbocycles. The van der Waals surface area contributed by atoms with Crippen molar-refractivity contribution in [2.24, 2.45) is 0 Å². The first-order chi connectivity index (χ1) is 40.0. The predicted octanol–water partition coefficient (Wildman–Crippen LogP) is 22.6. The maximum absolute atomic E-state index is 12.9. The van der Waals surface area contributed by atoms with Crippen LogP contribution in [0, 0.1) is 0 Å². The summed E-state index contributed by atoms with van der Waals surface area (Å²) in [5.74, 6) is -0.780. The van der Waals surface area contributed by atoms with Crippen LogP contribution < -0.4 is 0 Å². The number of esters is 2. The molecule has 480 valence electrons. The lowest BCUT2D eigenvalue weighted by molar-refractivity contribution is -0.870. The molecule has 82 heavy (non-hydrogen) atoms. The highest BCUT2D eigenvalue weighted by atomic mass is 31.2. The summed E-state index contributed by atoms with van der Waals surface area (Å²) in [6.07, 6.45) is 83.3. The molecule has 9 nitrogen and oxygen atoms in total. The number of phosphoric ester groups is 1. The van der Waals surface area contributed by atoms with Gasteiger partial charge < -0.3 is 18.9 Å². The molecule has 0 bridgehead atoms. The van der Waals surface area contributed by atoms with Crippen LogP contribution in [0.1, 0.15) is 335 Å². The maximum Gasteiger partial charge on any atom is 0.472 e. The summed E-state index contributed by atoms with van der Waals surface area (Å²) >= 11 is 0. The van der Waals surface area contributed by atoms with Crippen molar-refractivity contribution >= 4 is 19.8 Å². The number of nitrogens with zero attached hydrogens (tertiary/aromatic N) is 1. The van der Waals surface area contributed by atoms with Crippen molar-refractivity contribution in [3.8, 4) is 0 Å². The predicted molar refractivity (Wildman–Crippen MR) is 353 cm³/mol. The molecule has 0 heterocycles. The van der Waals surface area contributed by atoms with Gasteiger partial charge in [-0.2, -0.15) is 0 Å². The first-order valence-electron chi connectivity index (χ1n) is 35.0. The quantitative estimate of drug-likeness (QED) is 0.0211. The summed E-state index contributed by atoms with van der Waals surface area (Å²) in [7, 11) is 1.49. The minimum atomic E-state index is -4.39. The van der Waals surface area contributed by atoms with Crippen LogP contribution in [0.5, 0.6) is 0 Å². The van der Waals surface area contributed by atoms with Crippen LogP contribution in [0.4, 0.5) is 0 Å². The Morgan fingerprint density at radius 1 is 0.390 bits per heavy atom. The summed E-state index contributed by atoms with van der Waals surface area (Å²) in [5.41, 5.74) is 0. The summed E-state index contributed by atoms with van der Waals surface area (Å²) in [4.78, 5) is 35.9. The van der Waals surface area contributed by atoms with Gasteiger partial charge in [0.1, 0.15) is 19.8 Å². The molecule has 0 radical (unpaired) electrons. The highest BCUT2D eigenvalue weighted by molar-refractivity contribution is 7.47. The van der Waals surface area contributed by atoms with Crippen molar-refractivity contribution in [1.29, 1.82) is 0 Å². The molecule has 0 saturated heterocycles. The fourth-order valence-corrected chi connectivity index (χ4v) is 10.9. The summed E-state index contributed by atoms with van der Waals surface area (Å²) < 4.78 is 34.7. The molecule has 0 spiro atoms. The van der Waals surface area contributed by atoms with E-state index in [1.807, 2.05) is 21.1 Å². The number of carbonyl (C=O) groups is 2. The van der Waals surface area contributed by atoms with Crippen LogP contribution >= 0.6 is 7.82 Å². The largest absolute Gasteiger partial charge is 0.472 e. The number of ether oxygens (including phenoxy) is 2. The monoisotopic (exact) mass is 1170 g/mol. The average molecular weight is 1170 g/mol. The van der Waals surface area contributed by atoms with Crippen molar-refractivity contribution in [3.05, 3.63) is 60.8 Å². The van der Waals surface area contributed by atoms with Crippen LogP contribution in [-0.2, 0) is 32.7 Å². The Balaban J connectivity index is 4.00. The zero-order chi connectivity index (χ0) is 59.8.